The van der Waals surface area contributed by atoms with Gasteiger partial charge < -0.3 is 20.7 Å². The van der Waals surface area contributed by atoms with Crippen molar-refractivity contribution < 1.29 is 19.1 Å². The lowest BCUT2D eigenvalue weighted by molar-refractivity contribution is -0.144. The first-order chi connectivity index (χ1) is 9.02. The van der Waals surface area contributed by atoms with Gasteiger partial charge >= 0.3 is 6.03 Å². The maximum atomic E-state index is 12.0. The van der Waals surface area contributed by atoms with E-state index in [1.165, 1.54) is 7.11 Å². The zero-order valence-corrected chi connectivity index (χ0v) is 10.8. The van der Waals surface area contributed by atoms with Crippen molar-refractivity contribution in [1.29, 1.82) is 0 Å². The average molecular weight is 270 g/mol. The van der Waals surface area contributed by atoms with Crippen molar-refractivity contribution in [1.82, 2.24) is 15.5 Å². The van der Waals surface area contributed by atoms with Crippen molar-refractivity contribution in [3.63, 3.8) is 0 Å². The maximum absolute atomic E-state index is 12.0. The molecule has 1 unspecified atom stereocenters. The van der Waals surface area contributed by atoms with Crippen molar-refractivity contribution in [3.8, 4) is 0 Å². The van der Waals surface area contributed by atoms with Gasteiger partial charge in [-0.2, -0.15) is 0 Å². The van der Waals surface area contributed by atoms with Gasteiger partial charge in [0.15, 0.2) is 0 Å². The van der Waals surface area contributed by atoms with Crippen molar-refractivity contribution in [2.75, 3.05) is 26.7 Å². The highest BCUT2D eigenvalue weighted by atomic mass is 16.5. The lowest BCUT2D eigenvalue weighted by Crippen LogP contribution is -2.57. The molecule has 0 aromatic heterocycles. The number of urea groups is 1. The second kappa shape index (κ2) is 5.14. The van der Waals surface area contributed by atoms with Gasteiger partial charge in [-0.1, -0.05) is 0 Å². The first kappa shape index (κ1) is 13.8. The first-order valence-corrected chi connectivity index (χ1v) is 6.17. The van der Waals surface area contributed by atoms with Crippen LogP contribution >= 0.6 is 0 Å². The molecule has 106 valence electrons. The lowest BCUT2D eigenvalue weighted by atomic mass is 9.87. The third kappa shape index (κ3) is 2.41. The average Bonchev–Trinajstić information content (AvgIpc) is 2.66. The molecule has 2 aliphatic rings. The van der Waals surface area contributed by atoms with Crippen molar-refractivity contribution in [2.24, 2.45) is 5.73 Å². The molecule has 0 saturated carbocycles. The molecule has 0 radical (unpaired) electrons. The summed E-state index contributed by atoms with van der Waals surface area (Å²) < 4.78 is 5.00. The van der Waals surface area contributed by atoms with Crippen molar-refractivity contribution >= 4 is 17.8 Å². The van der Waals surface area contributed by atoms with Crippen LogP contribution in [-0.4, -0.2) is 61.1 Å². The standard InChI is InChI=1S/C11H18N4O4/c1-19-7(6-12)8(16)15-4-2-11(3-5-15)9(17)13-10(18)14-11/h7H,2-6,12H2,1H3,(H2,13,14,17,18). The molecule has 19 heavy (non-hydrogen) atoms. The minimum Gasteiger partial charge on any atom is -0.370 e. The summed E-state index contributed by atoms with van der Waals surface area (Å²) in [5.74, 6) is -0.490. The largest absolute Gasteiger partial charge is 0.370 e. The van der Waals surface area contributed by atoms with Gasteiger partial charge in [-0.25, -0.2) is 4.79 Å². The summed E-state index contributed by atoms with van der Waals surface area (Å²) in [6, 6.07) is -0.471. The van der Waals surface area contributed by atoms with E-state index in [9.17, 15) is 14.4 Å². The Hall–Kier alpha value is -1.67. The van der Waals surface area contributed by atoms with Gasteiger partial charge in [0.1, 0.15) is 11.6 Å². The third-order valence-electron chi connectivity index (χ3n) is 3.72. The molecule has 4 N–H and O–H groups in total. The highest BCUT2D eigenvalue weighted by molar-refractivity contribution is 6.07. The second-order valence-electron chi connectivity index (χ2n) is 4.78. The predicted molar refractivity (Wildman–Crippen MR) is 65.1 cm³/mol. The number of likely N-dealkylation sites (tertiary alicyclic amines) is 1. The van der Waals surface area contributed by atoms with Crippen LogP contribution in [0.25, 0.3) is 0 Å². The molecule has 1 spiro atoms. The first-order valence-electron chi connectivity index (χ1n) is 6.17. The van der Waals surface area contributed by atoms with E-state index in [-0.39, 0.29) is 18.4 Å². The van der Waals surface area contributed by atoms with E-state index in [2.05, 4.69) is 10.6 Å². The van der Waals surface area contributed by atoms with E-state index in [1.54, 1.807) is 4.90 Å². The van der Waals surface area contributed by atoms with Crippen LogP contribution in [0.3, 0.4) is 0 Å². The number of imide groups is 1. The minimum atomic E-state index is -0.862. The third-order valence-corrected chi connectivity index (χ3v) is 3.72. The van der Waals surface area contributed by atoms with Crippen LogP contribution in [0, 0.1) is 0 Å². The topological polar surface area (TPSA) is 114 Å². The van der Waals surface area contributed by atoms with Crippen molar-refractivity contribution in [3.05, 3.63) is 0 Å². The number of methoxy groups -OCH3 is 1. The molecule has 0 aliphatic carbocycles. The van der Waals surface area contributed by atoms with Crippen LogP contribution in [0.5, 0.6) is 0 Å². The number of carbonyl (C=O) groups excluding carboxylic acids is 3. The molecule has 2 aliphatic heterocycles. The number of rotatable bonds is 3. The monoisotopic (exact) mass is 270 g/mol. The lowest BCUT2D eigenvalue weighted by Gasteiger charge is -2.37. The molecule has 0 aromatic carbocycles. The van der Waals surface area contributed by atoms with Crippen LogP contribution in [0.1, 0.15) is 12.8 Å². The SMILES string of the molecule is COC(CN)C(=O)N1CCC2(CC1)NC(=O)NC2=O. The number of nitrogens with two attached hydrogens (primary N) is 1. The molecule has 2 rings (SSSR count). The molecule has 1 atom stereocenters. The number of hydrogen-bond donors (Lipinski definition) is 3. The van der Waals surface area contributed by atoms with E-state index in [1.807, 2.05) is 0 Å². The second-order valence-corrected chi connectivity index (χ2v) is 4.78. The molecule has 0 aromatic rings. The highest BCUT2D eigenvalue weighted by Gasteiger charge is 2.48. The smallest absolute Gasteiger partial charge is 0.322 e. The zero-order chi connectivity index (χ0) is 14.0. The Morgan fingerprint density at radius 1 is 1.47 bits per heavy atom. The summed E-state index contributed by atoms with van der Waals surface area (Å²) in [6.07, 6.45) is 0.148. The van der Waals surface area contributed by atoms with Gasteiger partial charge in [-0.05, 0) is 12.8 Å². The van der Waals surface area contributed by atoms with E-state index in [0.717, 1.165) is 0 Å². The quantitative estimate of drug-likeness (QED) is 0.521. The van der Waals surface area contributed by atoms with E-state index in [4.69, 9.17) is 10.5 Å². The molecular weight excluding hydrogens is 252 g/mol. The Labute approximate surface area is 110 Å². The highest BCUT2D eigenvalue weighted by Crippen LogP contribution is 2.25. The van der Waals surface area contributed by atoms with Gasteiger partial charge in [-0.3, -0.25) is 14.9 Å². The van der Waals surface area contributed by atoms with E-state index in [0.29, 0.717) is 25.9 Å². The van der Waals surface area contributed by atoms with E-state index >= 15 is 0 Å². The van der Waals surface area contributed by atoms with E-state index < -0.39 is 17.7 Å². The molecule has 8 nitrogen and oxygen atoms in total. The Morgan fingerprint density at radius 2 is 2.11 bits per heavy atom. The van der Waals surface area contributed by atoms with Crippen LogP contribution in [0.15, 0.2) is 0 Å². The molecular formula is C11H18N4O4. The van der Waals surface area contributed by atoms with Crippen LogP contribution in [0.2, 0.25) is 0 Å². The molecule has 4 amide bonds. The summed E-state index contributed by atoms with van der Waals surface area (Å²) in [7, 11) is 1.44. The fourth-order valence-electron chi connectivity index (χ4n) is 2.49. The molecule has 0 bridgehead atoms. The van der Waals surface area contributed by atoms with Gasteiger partial charge in [-0.15, -0.1) is 0 Å². The van der Waals surface area contributed by atoms with Gasteiger partial charge in [0.25, 0.3) is 11.8 Å². The molecule has 2 saturated heterocycles. The Balaban J connectivity index is 1.98. The number of ether oxygens (including phenoxy) is 1. The summed E-state index contributed by atoms with van der Waals surface area (Å²) in [5, 5.41) is 4.87. The van der Waals surface area contributed by atoms with Crippen LogP contribution in [0.4, 0.5) is 4.79 Å². The Kier molecular flexibility index (Phi) is 3.72. The maximum Gasteiger partial charge on any atom is 0.322 e. The Morgan fingerprint density at radius 3 is 2.53 bits per heavy atom. The van der Waals surface area contributed by atoms with Gasteiger partial charge in [0.05, 0.1) is 0 Å². The summed E-state index contributed by atoms with van der Waals surface area (Å²) in [5.41, 5.74) is 4.59. The minimum absolute atomic E-state index is 0.119. The number of nitrogens with zero attached hydrogens (tertiary/aromatic N) is 1. The number of piperidine rings is 1. The van der Waals surface area contributed by atoms with Crippen molar-refractivity contribution in [2.45, 2.75) is 24.5 Å². The number of amides is 4. The van der Waals surface area contributed by atoms with Gasteiger partial charge in [0, 0.05) is 26.7 Å². The zero-order valence-electron chi connectivity index (χ0n) is 10.8. The fourth-order valence-corrected chi connectivity index (χ4v) is 2.49. The molecule has 2 fully saturated rings. The Bertz CT molecular complexity index is 399. The molecule has 8 heteroatoms. The van der Waals surface area contributed by atoms with Crippen LogP contribution in [-0.2, 0) is 14.3 Å². The summed E-state index contributed by atoms with van der Waals surface area (Å²) in [4.78, 5) is 36.6. The summed E-state index contributed by atoms with van der Waals surface area (Å²) in [6.45, 7) is 0.910. The number of nitrogens with one attached hydrogen (secondary N) is 2. The predicted octanol–water partition coefficient (Wildman–Crippen LogP) is -1.84. The van der Waals surface area contributed by atoms with Gasteiger partial charge in [0.2, 0.25) is 0 Å². The number of hydrogen-bond acceptors (Lipinski definition) is 5. The fraction of sp³-hybridized carbons (Fsp3) is 0.727. The summed E-state index contributed by atoms with van der Waals surface area (Å²) >= 11 is 0. The molecule has 2 heterocycles. The number of carbonyl (C=O) groups is 3. The normalized spacial score (nSPS) is 23.2. The van der Waals surface area contributed by atoms with Crippen LogP contribution < -0.4 is 16.4 Å².